The Morgan fingerprint density at radius 2 is 1.95 bits per heavy atom. The highest BCUT2D eigenvalue weighted by molar-refractivity contribution is 9.10. The molecule has 0 radical (unpaired) electrons. The van der Waals surface area contributed by atoms with E-state index >= 15 is 0 Å². The molecule has 0 aliphatic heterocycles. The maximum Gasteiger partial charge on any atom is 0.338 e. The minimum absolute atomic E-state index is 0.193. The van der Waals surface area contributed by atoms with Gasteiger partial charge in [-0.15, -0.1) is 0 Å². The van der Waals surface area contributed by atoms with Crippen LogP contribution >= 0.6 is 27.5 Å². The van der Waals surface area contributed by atoms with Crippen molar-refractivity contribution < 1.29 is 9.90 Å². The molecule has 0 fully saturated rings. The lowest BCUT2D eigenvalue weighted by Crippen LogP contribution is -1.97. The molecule has 0 bridgehead atoms. The normalized spacial score (nSPS) is 11.0. The van der Waals surface area contributed by atoms with Gasteiger partial charge < -0.3 is 10.1 Å². The second-order valence-corrected chi connectivity index (χ2v) is 6.32. The van der Waals surface area contributed by atoms with Crippen LogP contribution in [0.2, 0.25) is 5.02 Å². The van der Waals surface area contributed by atoms with E-state index < -0.39 is 5.97 Å². The number of benzene rings is 2. The number of halogens is 2. The van der Waals surface area contributed by atoms with E-state index in [1.165, 1.54) is 0 Å². The minimum atomic E-state index is -0.984. The molecule has 0 atom stereocenters. The summed E-state index contributed by atoms with van der Waals surface area (Å²) in [5.41, 5.74) is 2.56. The van der Waals surface area contributed by atoms with Crippen LogP contribution in [0.3, 0.4) is 0 Å². The molecule has 3 rings (SSSR count). The van der Waals surface area contributed by atoms with Crippen LogP contribution in [0.1, 0.15) is 21.7 Å². The molecule has 22 heavy (non-hydrogen) atoms. The van der Waals surface area contributed by atoms with Crippen molar-refractivity contribution in [3.05, 3.63) is 62.8 Å². The van der Waals surface area contributed by atoms with Crippen LogP contribution in [0.15, 0.2) is 40.9 Å². The Morgan fingerprint density at radius 3 is 2.64 bits per heavy atom. The number of hydrogen-bond acceptors (Lipinski definition) is 2. The standard InChI is InChI=1S/C16H12BrClN2O2/c17-10-7-12(16(21)22)15-13(8-10)19-14(20-15)6-3-9-1-4-11(18)5-2-9/h1-2,4-5,7-8H,3,6H2,(H,19,20)(H,21,22). The number of aryl methyl sites for hydroxylation is 2. The van der Waals surface area contributed by atoms with Crippen LogP contribution in [0.25, 0.3) is 11.0 Å². The number of hydrogen-bond donors (Lipinski definition) is 2. The predicted octanol–water partition coefficient (Wildman–Crippen LogP) is 4.46. The van der Waals surface area contributed by atoms with Crippen molar-refractivity contribution in [1.29, 1.82) is 0 Å². The Kier molecular flexibility index (Phi) is 4.18. The lowest BCUT2D eigenvalue weighted by Gasteiger charge is -1.99. The lowest BCUT2D eigenvalue weighted by molar-refractivity contribution is 0.0699. The molecule has 6 heteroatoms. The van der Waals surface area contributed by atoms with Gasteiger partial charge in [-0.2, -0.15) is 0 Å². The van der Waals surface area contributed by atoms with Gasteiger partial charge >= 0.3 is 5.97 Å². The maximum atomic E-state index is 11.3. The number of carboxylic acid groups (broad SMARTS) is 1. The number of carbonyl (C=O) groups is 1. The fourth-order valence-corrected chi connectivity index (χ4v) is 2.91. The van der Waals surface area contributed by atoms with Gasteiger partial charge in [-0.3, -0.25) is 0 Å². The van der Waals surface area contributed by atoms with Crippen LogP contribution in [-0.2, 0) is 12.8 Å². The average Bonchev–Trinajstić information content (AvgIpc) is 2.88. The van der Waals surface area contributed by atoms with E-state index in [1.54, 1.807) is 6.07 Å². The van der Waals surface area contributed by atoms with Crippen molar-refractivity contribution in [2.45, 2.75) is 12.8 Å². The molecular weight excluding hydrogens is 368 g/mol. The number of aromatic amines is 1. The smallest absolute Gasteiger partial charge is 0.338 e. The predicted molar refractivity (Wildman–Crippen MR) is 89.6 cm³/mol. The van der Waals surface area contributed by atoms with E-state index in [4.69, 9.17) is 11.6 Å². The minimum Gasteiger partial charge on any atom is -0.478 e. The van der Waals surface area contributed by atoms with Gasteiger partial charge in [0.1, 0.15) is 11.3 Å². The zero-order valence-corrected chi connectivity index (χ0v) is 13.8. The number of nitrogens with zero attached hydrogens (tertiary/aromatic N) is 1. The van der Waals surface area contributed by atoms with Crippen LogP contribution in [0.4, 0.5) is 0 Å². The van der Waals surface area contributed by atoms with Crippen molar-refractivity contribution in [2.24, 2.45) is 0 Å². The van der Waals surface area contributed by atoms with Crippen molar-refractivity contribution >= 4 is 44.5 Å². The van der Waals surface area contributed by atoms with Gasteiger partial charge in [0.2, 0.25) is 0 Å². The molecule has 2 aromatic carbocycles. The number of fused-ring (bicyclic) bond motifs is 1. The summed E-state index contributed by atoms with van der Waals surface area (Å²) in [4.78, 5) is 18.9. The first-order valence-corrected chi connectivity index (χ1v) is 7.86. The number of imidazole rings is 1. The maximum absolute atomic E-state index is 11.3. The second kappa shape index (κ2) is 6.10. The van der Waals surface area contributed by atoms with Gasteiger partial charge in [-0.25, -0.2) is 9.78 Å². The number of H-pyrrole nitrogens is 1. The Hall–Kier alpha value is -1.85. The van der Waals surface area contributed by atoms with E-state index in [0.29, 0.717) is 21.4 Å². The Bertz CT molecular complexity index is 843. The molecule has 3 aromatic rings. The molecule has 0 aliphatic rings. The van der Waals surface area contributed by atoms with Crippen LogP contribution < -0.4 is 0 Å². The molecule has 4 nitrogen and oxygen atoms in total. The molecular formula is C16H12BrClN2O2. The summed E-state index contributed by atoms with van der Waals surface area (Å²) < 4.78 is 0.713. The summed E-state index contributed by atoms with van der Waals surface area (Å²) in [6, 6.07) is 11.1. The first-order valence-electron chi connectivity index (χ1n) is 6.69. The molecule has 0 spiro atoms. The molecule has 0 aliphatic carbocycles. The van der Waals surface area contributed by atoms with E-state index in [2.05, 4.69) is 25.9 Å². The quantitative estimate of drug-likeness (QED) is 0.703. The first kappa shape index (κ1) is 15.1. The Balaban J connectivity index is 1.87. The third-order valence-corrected chi connectivity index (χ3v) is 4.10. The largest absolute Gasteiger partial charge is 0.478 e. The second-order valence-electron chi connectivity index (χ2n) is 4.96. The number of carboxylic acids is 1. The van der Waals surface area contributed by atoms with Crippen LogP contribution in [0, 0.1) is 0 Å². The zero-order chi connectivity index (χ0) is 15.7. The Labute approximate surface area is 140 Å². The van der Waals surface area contributed by atoms with Gasteiger partial charge in [0.15, 0.2) is 0 Å². The average molecular weight is 380 g/mol. The third kappa shape index (κ3) is 3.15. The van der Waals surface area contributed by atoms with Gasteiger partial charge in [0.05, 0.1) is 11.1 Å². The van der Waals surface area contributed by atoms with E-state index in [-0.39, 0.29) is 5.56 Å². The summed E-state index contributed by atoms with van der Waals surface area (Å²) in [5.74, 6) is -0.215. The molecule has 0 amide bonds. The van der Waals surface area contributed by atoms with Gasteiger partial charge in [-0.1, -0.05) is 39.7 Å². The highest BCUT2D eigenvalue weighted by atomic mass is 79.9. The van der Waals surface area contributed by atoms with Crippen molar-refractivity contribution in [1.82, 2.24) is 9.97 Å². The molecule has 0 unspecified atom stereocenters. The fraction of sp³-hybridized carbons (Fsp3) is 0.125. The highest BCUT2D eigenvalue weighted by Gasteiger charge is 2.14. The summed E-state index contributed by atoms with van der Waals surface area (Å²) in [6.07, 6.45) is 1.51. The van der Waals surface area contributed by atoms with Gasteiger partial charge in [-0.05, 0) is 36.2 Å². The van der Waals surface area contributed by atoms with E-state index in [1.807, 2.05) is 30.3 Å². The van der Waals surface area contributed by atoms with E-state index in [0.717, 1.165) is 23.3 Å². The fourth-order valence-electron chi connectivity index (χ4n) is 2.33. The number of aromatic carboxylic acids is 1. The summed E-state index contributed by atoms with van der Waals surface area (Å²) in [6.45, 7) is 0. The number of aromatic nitrogens is 2. The molecule has 1 heterocycles. The first-order chi connectivity index (χ1) is 10.5. The summed E-state index contributed by atoms with van der Waals surface area (Å²) >= 11 is 9.19. The molecule has 0 saturated heterocycles. The van der Waals surface area contributed by atoms with Crippen molar-refractivity contribution in [2.75, 3.05) is 0 Å². The zero-order valence-electron chi connectivity index (χ0n) is 11.4. The summed E-state index contributed by atoms with van der Waals surface area (Å²) in [5, 5.41) is 9.97. The summed E-state index contributed by atoms with van der Waals surface area (Å²) in [7, 11) is 0. The SMILES string of the molecule is O=C(O)c1cc(Br)cc2[nH]c(CCc3ccc(Cl)cc3)nc12. The topological polar surface area (TPSA) is 66.0 Å². The number of rotatable bonds is 4. The van der Waals surface area contributed by atoms with Crippen LogP contribution in [0.5, 0.6) is 0 Å². The molecule has 0 saturated carbocycles. The lowest BCUT2D eigenvalue weighted by atomic mass is 10.1. The third-order valence-electron chi connectivity index (χ3n) is 3.39. The van der Waals surface area contributed by atoms with Gasteiger partial charge in [0.25, 0.3) is 0 Å². The van der Waals surface area contributed by atoms with Crippen molar-refractivity contribution in [3.8, 4) is 0 Å². The van der Waals surface area contributed by atoms with Gasteiger partial charge in [0, 0.05) is 15.9 Å². The van der Waals surface area contributed by atoms with E-state index in [9.17, 15) is 9.90 Å². The highest BCUT2D eigenvalue weighted by Crippen LogP contribution is 2.23. The van der Waals surface area contributed by atoms with Crippen molar-refractivity contribution in [3.63, 3.8) is 0 Å². The van der Waals surface area contributed by atoms with Crippen LogP contribution in [-0.4, -0.2) is 21.0 Å². The molecule has 112 valence electrons. The molecule has 2 N–H and O–H groups in total. The monoisotopic (exact) mass is 378 g/mol. The Morgan fingerprint density at radius 1 is 1.23 bits per heavy atom. The number of nitrogens with one attached hydrogen (secondary N) is 1. The molecule has 1 aromatic heterocycles.